The highest BCUT2D eigenvalue weighted by Crippen LogP contribution is 2.40. The number of hydrogen-bond acceptors (Lipinski definition) is 2. The van der Waals surface area contributed by atoms with Crippen molar-refractivity contribution in [2.24, 2.45) is 0 Å². The number of carbonyl (C=O) groups is 1. The summed E-state index contributed by atoms with van der Waals surface area (Å²) in [6.07, 6.45) is 1.89. The van der Waals surface area contributed by atoms with Crippen LogP contribution in [0.2, 0.25) is 5.02 Å². The van der Waals surface area contributed by atoms with Crippen LogP contribution in [0.1, 0.15) is 31.2 Å². The first-order valence-corrected chi connectivity index (χ1v) is 6.12. The van der Waals surface area contributed by atoms with Crippen LogP contribution in [0.4, 0.5) is 0 Å². The van der Waals surface area contributed by atoms with Crippen molar-refractivity contribution >= 4 is 17.6 Å². The molecule has 1 aliphatic rings. The zero-order valence-corrected chi connectivity index (χ0v) is 10.2. The summed E-state index contributed by atoms with van der Waals surface area (Å²) in [5.41, 5.74) is -0.523. The van der Waals surface area contributed by atoms with Crippen LogP contribution in [-0.2, 0) is 10.2 Å². The summed E-state index contributed by atoms with van der Waals surface area (Å²) in [4.78, 5) is 11.6. The quantitative estimate of drug-likeness (QED) is 0.853. The lowest BCUT2D eigenvalue weighted by atomic mass is 9.67. The number of carboxylic acids is 1. The van der Waals surface area contributed by atoms with Gasteiger partial charge in [0, 0.05) is 5.02 Å². The number of carboxylic acid groups (broad SMARTS) is 1. The van der Waals surface area contributed by atoms with Crippen molar-refractivity contribution in [1.29, 1.82) is 0 Å². The average molecular weight is 255 g/mol. The summed E-state index contributed by atoms with van der Waals surface area (Å²) in [6, 6.07) is 6.74. The molecule has 0 aromatic heterocycles. The lowest BCUT2D eigenvalue weighted by Gasteiger charge is -2.38. The van der Waals surface area contributed by atoms with Gasteiger partial charge in [-0.3, -0.25) is 4.79 Å². The summed E-state index contributed by atoms with van der Waals surface area (Å²) in [7, 11) is 0. The fourth-order valence-electron chi connectivity index (χ4n) is 2.61. The van der Waals surface area contributed by atoms with Crippen LogP contribution in [0.5, 0.6) is 0 Å². The standard InChI is InChI=1S/C13H15ClO3/c14-10-6-4-9(5-7-10)13(12(16)17)8-2-1-3-11(13)15/h4-7,11,15H,1-3,8H2,(H,16,17). The van der Waals surface area contributed by atoms with E-state index < -0.39 is 17.5 Å². The minimum absolute atomic E-state index is 0.477. The third-order valence-electron chi connectivity index (χ3n) is 3.61. The van der Waals surface area contributed by atoms with Gasteiger partial charge in [0.15, 0.2) is 0 Å². The zero-order chi connectivity index (χ0) is 12.5. The van der Waals surface area contributed by atoms with Gasteiger partial charge in [-0.05, 0) is 30.5 Å². The minimum Gasteiger partial charge on any atom is -0.481 e. The first-order valence-electron chi connectivity index (χ1n) is 5.75. The molecule has 0 aliphatic heterocycles. The van der Waals surface area contributed by atoms with Crippen LogP contribution in [0.3, 0.4) is 0 Å². The molecule has 0 radical (unpaired) electrons. The second-order valence-electron chi connectivity index (χ2n) is 4.54. The fraction of sp³-hybridized carbons (Fsp3) is 0.462. The van der Waals surface area contributed by atoms with Gasteiger partial charge in [0.25, 0.3) is 0 Å². The minimum atomic E-state index is -1.16. The van der Waals surface area contributed by atoms with E-state index >= 15 is 0 Å². The van der Waals surface area contributed by atoms with Gasteiger partial charge in [-0.2, -0.15) is 0 Å². The van der Waals surface area contributed by atoms with E-state index in [-0.39, 0.29) is 0 Å². The third-order valence-corrected chi connectivity index (χ3v) is 3.86. The van der Waals surface area contributed by atoms with E-state index in [2.05, 4.69) is 0 Å². The number of rotatable bonds is 2. The van der Waals surface area contributed by atoms with Crippen molar-refractivity contribution in [2.45, 2.75) is 37.2 Å². The first kappa shape index (κ1) is 12.4. The average Bonchev–Trinajstić information content (AvgIpc) is 2.31. The van der Waals surface area contributed by atoms with Gasteiger partial charge in [0.2, 0.25) is 0 Å². The third kappa shape index (κ3) is 2.05. The number of halogens is 1. The van der Waals surface area contributed by atoms with Crippen molar-refractivity contribution < 1.29 is 15.0 Å². The fourth-order valence-corrected chi connectivity index (χ4v) is 2.74. The maximum absolute atomic E-state index is 11.6. The Morgan fingerprint density at radius 3 is 2.47 bits per heavy atom. The molecule has 2 unspecified atom stereocenters. The molecule has 3 nitrogen and oxygen atoms in total. The highest BCUT2D eigenvalue weighted by atomic mass is 35.5. The molecular weight excluding hydrogens is 240 g/mol. The molecule has 0 bridgehead atoms. The molecule has 2 rings (SSSR count). The van der Waals surface area contributed by atoms with Crippen LogP contribution in [0.15, 0.2) is 24.3 Å². The summed E-state index contributed by atoms with van der Waals surface area (Å²) in [5, 5.41) is 20.2. The Morgan fingerprint density at radius 1 is 1.29 bits per heavy atom. The highest BCUT2D eigenvalue weighted by molar-refractivity contribution is 6.30. The maximum Gasteiger partial charge on any atom is 0.316 e. The summed E-state index contributed by atoms with van der Waals surface area (Å²) >= 11 is 5.80. The predicted molar refractivity (Wildman–Crippen MR) is 65.2 cm³/mol. The van der Waals surface area contributed by atoms with Crippen LogP contribution < -0.4 is 0 Å². The molecule has 1 fully saturated rings. The van der Waals surface area contributed by atoms with E-state index in [1.165, 1.54) is 0 Å². The molecule has 0 heterocycles. The number of benzene rings is 1. The van der Waals surface area contributed by atoms with E-state index in [0.717, 1.165) is 12.8 Å². The van der Waals surface area contributed by atoms with Gasteiger partial charge in [0.05, 0.1) is 6.10 Å². The Kier molecular flexibility index (Phi) is 3.40. The molecule has 1 aliphatic carbocycles. The van der Waals surface area contributed by atoms with Crippen molar-refractivity contribution in [3.63, 3.8) is 0 Å². The second-order valence-corrected chi connectivity index (χ2v) is 4.98. The van der Waals surface area contributed by atoms with Crippen LogP contribution in [0, 0.1) is 0 Å². The largest absolute Gasteiger partial charge is 0.481 e. The van der Waals surface area contributed by atoms with Crippen LogP contribution in [0.25, 0.3) is 0 Å². The normalized spacial score (nSPS) is 28.9. The molecule has 0 amide bonds. The zero-order valence-electron chi connectivity index (χ0n) is 9.40. The van der Waals surface area contributed by atoms with Crippen molar-refractivity contribution in [1.82, 2.24) is 0 Å². The summed E-state index contributed by atoms with van der Waals surface area (Å²) in [5.74, 6) is -0.952. The first-order chi connectivity index (χ1) is 8.07. The highest BCUT2D eigenvalue weighted by Gasteiger charge is 2.48. The van der Waals surface area contributed by atoms with Crippen molar-refractivity contribution in [3.8, 4) is 0 Å². The maximum atomic E-state index is 11.6. The molecule has 2 N–H and O–H groups in total. The molecular formula is C13H15ClO3. The molecule has 1 aromatic carbocycles. The van der Waals surface area contributed by atoms with Gasteiger partial charge in [-0.15, -0.1) is 0 Å². The Labute approximate surface area is 105 Å². The Balaban J connectivity index is 2.46. The van der Waals surface area contributed by atoms with Crippen LogP contribution in [-0.4, -0.2) is 22.3 Å². The van der Waals surface area contributed by atoms with E-state index in [0.29, 0.717) is 23.4 Å². The number of aliphatic hydroxyl groups is 1. The van der Waals surface area contributed by atoms with Gasteiger partial charge in [0.1, 0.15) is 5.41 Å². The molecule has 17 heavy (non-hydrogen) atoms. The SMILES string of the molecule is O=C(O)C1(c2ccc(Cl)cc2)CCCCC1O. The smallest absolute Gasteiger partial charge is 0.316 e. The van der Waals surface area contributed by atoms with Crippen molar-refractivity contribution in [3.05, 3.63) is 34.9 Å². The molecule has 2 atom stereocenters. The molecule has 0 saturated heterocycles. The van der Waals surface area contributed by atoms with Gasteiger partial charge in [-0.1, -0.05) is 36.6 Å². The summed E-state index contributed by atoms with van der Waals surface area (Å²) < 4.78 is 0. The van der Waals surface area contributed by atoms with E-state index in [9.17, 15) is 15.0 Å². The topological polar surface area (TPSA) is 57.5 Å². The Hall–Kier alpha value is -1.06. The van der Waals surface area contributed by atoms with Gasteiger partial charge < -0.3 is 10.2 Å². The molecule has 1 aromatic rings. The number of hydrogen-bond donors (Lipinski definition) is 2. The van der Waals surface area contributed by atoms with E-state index in [1.807, 2.05) is 0 Å². The molecule has 92 valence electrons. The van der Waals surface area contributed by atoms with E-state index in [1.54, 1.807) is 24.3 Å². The van der Waals surface area contributed by atoms with Gasteiger partial charge in [-0.25, -0.2) is 0 Å². The summed E-state index contributed by atoms with van der Waals surface area (Å²) in [6.45, 7) is 0. The molecule has 1 saturated carbocycles. The second kappa shape index (κ2) is 4.67. The molecule has 4 heteroatoms. The van der Waals surface area contributed by atoms with Crippen molar-refractivity contribution in [2.75, 3.05) is 0 Å². The molecule has 0 spiro atoms. The Bertz CT molecular complexity index is 415. The van der Waals surface area contributed by atoms with Gasteiger partial charge >= 0.3 is 5.97 Å². The number of aliphatic hydroxyl groups excluding tert-OH is 1. The predicted octanol–water partition coefficient (Wildman–Crippen LogP) is 2.60. The Morgan fingerprint density at radius 2 is 1.94 bits per heavy atom. The van der Waals surface area contributed by atoms with Crippen LogP contribution >= 0.6 is 11.6 Å². The monoisotopic (exact) mass is 254 g/mol. The number of aliphatic carboxylic acids is 1. The lowest BCUT2D eigenvalue weighted by molar-refractivity contribution is -0.151. The van der Waals surface area contributed by atoms with E-state index in [4.69, 9.17) is 11.6 Å². The lowest BCUT2D eigenvalue weighted by Crippen LogP contribution is -2.48.